The maximum atomic E-state index is 12.9. The second kappa shape index (κ2) is 9.00. The van der Waals surface area contributed by atoms with Gasteiger partial charge in [-0.15, -0.1) is 0 Å². The predicted octanol–water partition coefficient (Wildman–Crippen LogP) is 2.73. The van der Waals surface area contributed by atoms with E-state index in [0.29, 0.717) is 0 Å². The van der Waals surface area contributed by atoms with Crippen molar-refractivity contribution in [2.24, 2.45) is 0 Å². The van der Waals surface area contributed by atoms with Crippen LogP contribution in [0.1, 0.15) is 26.2 Å². The third kappa shape index (κ3) is 5.64. The second-order valence-corrected chi connectivity index (χ2v) is 5.76. The summed E-state index contributed by atoms with van der Waals surface area (Å²) >= 11 is 0. The van der Waals surface area contributed by atoms with E-state index in [2.05, 4.69) is 22.0 Å². The Morgan fingerprint density at radius 1 is 1.00 bits per heavy atom. The number of hydrogen-bond donors (Lipinski definition) is 1. The number of benzene rings is 1. The van der Waals surface area contributed by atoms with Gasteiger partial charge in [0.05, 0.1) is 0 Å². The lowest BCUT2D eigenvalue weighted by atomic mass is 10.2. The Kier molecular flexibility index (Phi) is 6.96. The van der Waals surface area contributed by atoms with Crippen LogP contribution in [0.15, 0.2) is 24.3 Å². The molecule has 0 unspecified atom stereocenters. The number of hydrogen-bond acceptors (Lipinski definition) is 3. The highest BCUT2D eigenvalue weighted by atomic mass is 19.1. The van der Waals surface area contributed by atoms with Gasteiger partial charge >= 0.3 is 0 Å². The molecule has 118 valence electrons. The highest BCUT2D eigenvalue weighted by Gasteiger charge is 2.16. The van der Waals surface area contributed by atoms with Gasteiger partial charge in [-0.25, -0.2) is 4.39 Å². The summed E-state index contributed by atoms with van der Waals surface area (Å²) in [5.74, 6) is -0.158. The first-order valence-corrected chi connectivity index (χ1v) is 8.23. The number of nitrogens with one attached hydrogen (secondary N) is 1. The van der Waals surface area contributed by atoms with Gasteiger partial charge in [0.15, 0.2) is 0 Å². The minimum Gasteiger partial charge on any atom is -0.369 e. The lowest BCUT2D eigenvalue weighted by molar-refractivity contribution is 0.252. The van der Waals surface area contributed by atoms with Crippen LogP contribution in [0.5, 0.6) is 0 Å². The molecule has 1 heterocycles. The van der Waals surface area contributed by atoms with Gasteiger partial charge in [0.2, 0.25) is 0 Å². The summed E-state index contributed by atoms with van der Waals surface area (Å²) in [6.45, 7) is 9.98. The van der Waals surface area contributed by atoms with Gasteiger partial charge < -0.3 is 10.2 Å². The van der Waals surface area contributed by atoms with Crippen LogP contribution in [0.3, 0.4) is 0 Å². The molecular weight excluding hydrogens is 265 g/mol. The van der Waals surface area contributed by atoms with E-state index in [1.807, 2.05) is 12.1 Å². The van der Waals surface area contributed by atoms with Crippen molar-refractivity contribution in [1.29, 1.82) is 0 Å². The Hall–Kier alpha value is -1.13. The van der Waals surface area contributed by atoms with E-state index in [4.69, 9.17) is 0 Å². The molecule has 0 atom stereocenters. The van der Waals surface area contributed by atoms with Crippen LogP contribution < -0.4 is 10.2 Å². The van der Waals surface area contributed by atoms with Crippen molar-refractivity contribution in [3.8, 4) is 0 Å². The van der Waals surface area contributed by atoms with Crippen molar-refractivity contribution in [2.45, 2.75) is 26.2 Å². The quantitative estimate of drug-likeness (QED) is 0.744. The monoisotopic (exact) mass is 293 g/mol. The fourth-order valence-electron chi connectivity index (χ4n) is 2.77. The first-order chi connectivity index (χ1) is 10.3. The predicted molar refractivity (Wildman–Crippen MR) is 87.4 cm³/mol. The van der Waals surface area contributed by atoms with Gasteiger partial charge in [0.25, 0.3) is 0 Å². The Bertz CT molecular complexity index is 386. The highest BCUT2D eigenvalue weighted by molar-refractivity contribution is 5.46. The van der Waals surface area contributed by atoms with Crippen LogP contribution in [0.25, 0.3) is 0 Å². The van der Waals surface area contributed by atoms with E-state index in [1.165, 1.54) is 25.8 Å². The summed E-state index contributed by atoms with van der Waals surface area (Å²) in [6.07, 6.45) is 3.75. The summed E-state index contributed by atoms with van der Waals surface area (Å²) in [4.78, 5) is 4.89. The van der Waals surface area contributed by atoms with E-state index >= 15 is 0 Å². The average Bonchev–Trinajstić information content (AvgIpc) is 2.52. The molecule has 1 N–H and O–H groups in total. The number of nitrogens with zero attached hydrogens (tertiary/aromatic N) is 2. The SMILES string of the molecule is CCCNCCCCN1CCN(c2ccc(F)cc2)CC1. The second-order valence-electron chi connectivity index (χ2n) is 5.76. The molecular formula is C17H28FN3. The fraction of sp³-hybridized carbons (Fsp3) is 0.647. The smallest absolute Gasteiger partial charge is 0.123 e. The Morgan fingerprint density at radius 2 is 1.71 bits per heavy atom. The van der Waals surface area contributed by atoms with Gasteiger partial charge in [0, 0.05) is 31.9 Å². The van der Waals surface area contributed by atoms with Gasteiger partial charge in [0.1, 0.15) is 5.82 Å². The van der Waals surface area contributed by atoms with Gasteiger partial charge in [-0.3, -0.25) is 4.90 Å². The summed E-state index contributed by atoms with van der Waals surface area (Å²) in [6, 6.07) is 6.85. The van der Waals surface area contributed by atoms with E-state index in [9.17, 15) is 4.39 Å². The molecule has 1 fully saturated rings. The topological polar surface area (TPSA) is 18.5 Å². The van der Waals surface area contributed by atoms with Crippen molar-refractivity contribution in [3.05, 3.63) is 30.1 Å². The van der Waals surface area contributed by atoms with Gasteiger partial charge in [-0.2, -0.15) is 0 Å². The largest absolute Gasteiger partial charge is 0.369 e. The minimum absolute atomic E-state index is 0.158. The maximum absolute atomic E-state index is 12.9. The summed E-state index contributed by atoms with van der Waals surface area (Å²) < 4.78 is 12.9. The normalized spacial score (nSPS) is 16.4. The molecule has 1 saturated heterocycles. The minimum atomic E-state index is -0.158. The lowest BCUT2D eigenvalue weighted by Crippen LogP contribution is -2.46. The van der Waals surface area contributed by atoms with E-state index < -0.39 is 0 Å². The highest BCUT2D eigenvalue weighted by Crippen LogP contribution is 2.16. The zero-order valence-corrected chi connectivity index (χ0v) is 13.2. The van der Waals surface area contributed by atoms with Crippen LogP contribution >= 0.6 is 0 Å². The molecule has 1 aromatic carbocycles. The van der Waals surface area contributed by atoms with Crippen molar-refractivity contribution in [2.75, 3.05) is 50.7 Å². The summed E-state index contributed by atoms with van der Waals surface area (Å²) in [5.41, 5.74) is 1.14. The molecule has 1 aliphatic heterocycles. The number of piperazine rings is 1. The maximum Gasteiger partial charge on any atom is 0.123 e. The number of rotatable bonds is 8. The molecule has 21 heavy (non-hydrogen) atoms. The molecule has 0 aliphatic carbocycles. The third-order valence-corrected chi connectivity index (χ3v) is 4.07. The molecule has 0 spiro atoms. The molecule has 0 aromatic heterocycles. The van der Waals surface area contributed by atoms with Crippen LogP contribution in [0.2, 0.25) is 0 Å². The lowest BCUT2D eigenvalue weighted by Gasteiger charge is -2.36. The number of unbranched alkanes of at least 4 members (excludes halogenated alkanes) is 1. The van der Waals surface area contributed by atoms with Crippen molar-refractivity contribution in [1.82, 2.24) is 10.2 Å². The summed E-state index contributed by atoms with van der Waals surface area (Å²) in [5, 5.41) is 3.45. The van der Waals surface area contributed by atoms with Crippen molar-refractivity contribution >= 4 is 5.69 Å². The zero-order valence-electron chi connectivity index (χ0n) is 13.2. The number of anilines is 1. The molecule has 2 rings (SSSR count). The Labute approximate surface area is 128 Å². The van der Waals surface area contributed by atoms with Crippen LogP contribution in [0, 0.1) is 5.82 Å². The standard InChI is InChI=1S/C17H28FN3/c1-2-9-19-10-3-4-11-20-12-14-21(15-13-20)17-7-5-16(18)6-8-17/h5-8,19H,2-4,9-15H2,1H3. The van der Waals surface area contributed by atoms with E-state index in [1.54, 1.807) is 12.1 Å². The van der Waals surface area contributed by atoms with Crippen molar-refractivity contribution in [3.63, 3.8) is 0 Å². The molecule has 0 radical (unpaired) electrons. The van der Waals surface area contributed by atoms with E-state index in [0.717, 1.165) is 45.0 Å². The first kappa shape index (κ1) is 16.2. The molecule has 4 heteroatoms. The van der Waals surface area contributed by atoms with Crippen molar-refractivity contribution < 1.29 is 4.39 Å². The molecule has 0 saturated carbocycles. The average molecular weight is 293 g/mol. The Balaban J connectivity index is 1.61. The van der Waals surface area contributed by atoms with E-state index in [-0.39, 0.29) is 5.82 Å². The van der Waals surface area contributed by atoms with Gasteiger partial charge in [-0.05, 0) is 63.2 Å². The molecule has 0 bridgehead atoms. The summed E-state index contributed by atoms with van der Waals surface area (Å²) in [7, 11) is 0. The third-order valence-electron chi connectivity index (χ3n) is 4.07. The fourth-order valence-corrected chi connectivity index (χ4v) is 2.77. The van der Waals surface area contributed by atoms with Crippen LogP contribution in [0.4, 0.5) is 10.1 Å². The van der Waals surface area contributed by atoms with Gasteiger partial charge in [-0.1, -0.05) is 6.92 Å². The molecule has 0 amide bonds. The number of halogens is 1. The van der Waals surface area contributed by atoms with Crippen LogP contribution in [-0.4, -0.2) is 50.7 Å². The Morgan fingerprint density at radius 3 is 2.38 bits per heavy atom. The first-order valence-electron chi connectivity index (χ1n) is 8.23. The molecule has 1 aliphatic rings. The zero-order chi connectivity index (χ0) is 14.9. The molecule has 3 nitrogen and oxygen atoms in total. The molecule has 1 aromatic rings. The van der Waals surface area contributed by atoms with Crippen LogP contribution in [-0.2, 0) is 0 Å².